The van der Waals surface area contributed by atoms with Gasteiger partial charge in [-0.2, -0.15) is 0 Å². The van der Waals surface area contributed by atoms with Crippen LogP contribution in [0.2, 0.25) is 0 Å². The molecule has 2 rings (SSSR count). The monoisotopic (exact) mass is 366 g/mol. The predicted octanol–water partition coefficient (Wildman–Crippen LogP) is 4.48. The Labute approximate surface area is 161 Å². The van der Waals surface area contributed by atoms with Crippen LogP contribution in [0, 0.1) is 11.8 Å². The Bertz CT molecular complexity index is 778. The Morgan fingerprint density at radius 1 is 1.30 bits per heavy atom. The number of carboxylic acids is 1. The number of benzene rings is 1. The summed E-state index contributed by atoms with van der Waals surface area (Å²) in [4.78, 5) is 10.7. The zero-order valence-electron chi connectivity index (χ0n) is 15.9. The number of hydrogen-bond donors (Lipinski definition) is 1. The second-order valence-electron chi connectivity index (χ2n) is 6.27. The molecule has 0 saturated carbocycles. The summed E-state index contributed by atoms with van der Waals surface area (Å²) in [6, 6.07) is 9.84. The fourth-order valence-electron chi connectivity index (χ4n) is 2.63. The minimum Gasteiger partial charge on any atom is -0.481 e. The van der Waals surface area contributed by atoms with Gasteiger partial charge in [-0.05, 0) is 50.1 Å². The highest BCUT2D eigenvalue weighted by molar-refractivity contribution is 5.67. The zero-order chi connectivity index (χ0) is 19.5. The van der Waals surface area contributed by atoms with E-state index in [1.54, 1.807) is 0 Å². The van der Waals surface area contributed by atoms with Crippen LogP contribution in [-0.4, -0.2) is 30.1 Å². The molecule has 1 N–H and O–H groups in total. The van der Waals surface area contributed by atoms with Gasteiger partial charge in [0.1, 0.15) is 0 Å². The normalized spacial score (nSPS) is 19.2. The van der Waals surface area contributed by atoms with Crippen LogP contribution in [0.15, 0.2) is 65.8 Å². The summed E-state index contributed by atoms with van der Waals surface area (Å²) in [6.07, 6.45) is 8.91. The lowest BCUT2D eigenvalue weighted by atomic mass is 9.98. The van der Waals surface area contributed by atoms with Gasteiger partial charge in [-0.3, -0.25) is 4.79 Å². The topological polar surface area (TPSA) is 55.8 Å². The highest BCUT2D eigenvalue weighted by Gasteiger charge is 2.29. The van der Waals surface area contributed by atoms with Crippen molar-refractivity contribution in [1.82, 2.24) is 0 Å². The number of allylic oxidation sites excluding steroid dienone is 3. The third kappa shape index (κ3) is 7.26. The molecule has 27 heavy (non-hydrogen) atoms. The third-order valence-corrected chi connectivity index (χ3v) is 4.11. The fraction of sp³-hybridized carbons (Fsp3) is 0.348. The lowest BCUT2D eigenvalue weighted by Gasteiger charge is -2.31. The maximum Gasteiger partial charge on any atom is 0.303 e. The Kier molecular flexibility index (Phi) is 8.06. The van der Waals surface area contributed by atoms with Gasteiger partial charge in [0.05, 0.1) is 6.61 Å². The zero-order valence-corrected chi connectivity index (χ0v) is 15.9. The van der Waals surface area contributed by atoms with E-state index in [9.17, 15) is 4.79 Å². The molecule has 142 valence electrons. The third-order valence-electron chi connectivity index (χ3n) is 4.11. The molecule has 0 unspecified atom stereocenters. The number of carboxylic acid groups (broad SMARTS) is 1. The van der Waals surface area contributed by atoms with Gasteiger partial charge in [-0.25, -0.2) is 0 Å². The molecule has 4 heteroatoms. The van der Waals surface area contributed by atoms with E-state index in [4.69, 9.17) is 14.6 Å². The molecule has 0 amide bonds. The van der Waals surface area contributed by atoms with Crippen LogP contribution in [0.1, 0.15) is 38.7 Å². The largest absolute Gasteiger partial charge is 0.481 e. The fourth-order valence-corrected chi connectivity index (χ4v) is 2.63. The van der Waals surface area contributed by atoms with Crippen molar-refractivity contribution in [3.8, 4) is 11.8 Å². The van der Waals surface area contributed by atoms with Crippen LogP contribution < -0.4 is 0 Å². The van der Waals surface area contributed by atoms with Gasteiger partial charge in [0.15, 0.2) is 5.79 Å². The number of rotatable bonds is 8. The average molecular weight is 366 g/mol. The maximum atomic E-state index is 10.7. The van der Waals surface area contributed by atoms with Crippen LogP contribution >= 0.6 is 0 Å². The summed E-state index contributed by atoms with van der Waals surface area (Å²) in [7, 11) is 0. The van der Waals surface area contributed by atoms with Gasteiger partial charge in [0.2, 0.25) is 0 Å². The quantitative estimate of drug-likeness (QED) is 0.544. The van der Waals surface area contributed by atoms with E-state index >= 15 is 0 Å². The maximum absolute atomic E-state index is 10.7. The number of aliphatic carboxylic acids is 1. The summed E-state index contributed by atoms with van der Waals surface area (Å²) >= 11 is 0. The van der Waals surface area contributed by atoms with Crippen LogP contribution in [0.4, 0.5) is 0 Å². The standard InChI is InChI=1S/C23H26O4/c1-3-26-23(16-13-21(14-17-23)11-12-22(24)25)27-18-15-19(2)9-10-20-7-5-4-6-8-20/h4-8,13-16H,3,11-12,17-18H2,1-2H3,(H,24,25)/b19-15+/t23-/m1/s1. The van der Waals surface area contributed by atoms with Crippen LogP contribution in [0.5, 0.6) is 0 Å². The van der Waals surface area contributed by atoms with Crippen LogP contribution in [0.25, 0.3) is 0 Å². The molecule has 0 aliphatic heterocycles. The van der Waals surface area contributed by atoms with Crippen molar-refractivity contribution in [2.24, 2.45) is 0 Å². The first kappa shape index (κ1) is 20.7. The number of hydrogen-bond acceptors (Lipinski definition) is 3. The first-order valence-corrected chi connectivity index (χ1v) is 9.15. The van der Waals surface area contributed by atoms with Gasteiger partial charge in [-0.15, -0.1) is 0 Å². The van der Waals surface area contributed by atoms with Gasteiger partial charge >= 0.3 is 5.97 Å². The molecule has 1 aliphatic rings. The summed E-state index contributed by atoms with van der Waals surface area (Å²) < 4.78 is 11.8. The molecule has 4 nitrogen and oxygen atoms in total. The SMILES string of the molecule is CCO[C@@]1(OC/C=C(\C)C#Cc2ccccc2)C=CC(CCC(=O)O)=CC1. The Morgan fingerprint density at radius 2 is 2.07 bits per heavy atom. The summed E-state index contributed by atoms with van der Waals surface area (Å²) in [6.45, 7) is 4.79. The minimum absolute atomic E-state index is 0.126. The Morgan fingerprint density at radius 3 is 2.70 bits per heavy atom. The first-order valence-electron chi connectivity index (χ1n) is 9.15. The molecule has 0 saturated heterocycles. The highest BCUT2D eigenvalue weighted by atomic mass is 16.7. The van der Waals surface area contributed by atoms with Crippen molar-refractivity contribution in [3.63, 3.8) is 0 Å². The minimum atomic E-state index is -0.800. The average Bonchev–Trinajstić information content (AvgIpc) is 2.67. The summed E-state index contributed by atoms with van der Waals surface area (Å²) in [5.74, 6) is 4.65. The molecule has 0 radical (unpaired) electrons. The molecule has 0 aromatic heterocycles. The van der Waals surface area contributed by atoms with Gasteiger partial charge in [0.25, 0.3) is 0 Å². The summed E-state index contributed by atoms with van der Waals surface area (Å²) in [5, 5.41) is 8.80. The second-order valence-corrected chi connectivity index (χ2v) is 6.27. The van der Waals surface area contributed by atoms with Crippen LogP contribution in [-0.2, 0) is 14.3 Å². The molecule has 1 aromatic rings. The number of carbonyl (C=O) groups is 1. The van der Waals surface area contributed by atoms with Crippen LogP contribution in [0.3, 0.4) is 0 Å². The lowest BCUT2D eigenvalue weighted by Crippen LogP contribution is -2.35. The molecule has 1 aromatic carbocycles. The van der Waals surface area contributed by atoms with Gasteiger partial charge in [0, 0.05) is 25.0 Å². The molecule has 1 aliphatic carbocycles. The molecule has 0 fully saturated rings. The van der Waals surface area contributed by atoms with E-state index in [-0.39, 0.29) is 6.42 Å². The van der Waals surface area contributed by atoms with E-state index in [1.165, 1.54) is 0 Å². The predicted molar refractivity (Wildman–Crippen MR) is 106 cm³/mol. The number of ether oxygens (including phenoxy) is 2. The molecule has 0 spiro atoms. The molecule has 0 heterocycles. The van der Waals surface area contributed by atoms with Gasteiger partial charge < -0.3 is 14.6 Å². The van der Waals surface area contributed by atoms with Crippen molar-refractivity contribution in [1.29, 1.82) is 0 Å². The summed E-state index contributed by atoms with van der Waals surface area (Å²) in [5.41, 5.74) is 2.91. The Hall–Kier alpha value is -2.61. The van der Waals surface area contributed by atoms with E-state index in [0.717, 1.165) is 16.7 Å². The van der Waals surface area contributed by atoms with Crippen molar-refractivity contribution < 1.29 is 19.4 Å². The van der Waals surface area contributed by atoms with Crippen molar-refractivity contribution in [2.45, 2.75) is 38.9 Å². The molecule has 1 atom stereocenters. The molecular formula is C23H26O4. The van der Waals surface area contributed by atoms with Crippen molar-refractivity contribution in [2.75, 3.05) is 13.2 Å². The second kappa shape index (κ2) is 10.5. The molecule has 0 bridgehead atoms. The van der Waals surface area contributed by atoms with Crippen molar-refractivity contribution >= 4 is 5.97 Å². The Balaban J connectivity index is 1.92. The lowest BCUT2D eigenvalue weighted by molar-refractivity contribution is -0.193. The molecular weight excluding hydrogens is 340 g/mol. The van der Waals surface area contributed by atoms with E-state index in [1.807, 2.05) is 68.5 Å². The smallest absolute Gasteiger partial charge is 0.303 e. The van der Waals surface area contributed by atoms with E-state index in [2.05, 4.69) is 11.8 Å². The van der Waals surface area contributed by atoms with Crippen molar-refractivity contribution in [3.05, 3.63) is 71.3 Å². The van der Waals surface area contributed by atoms with E-state index in [0.29, 0.717) is 26.1 Å². The first-order chi connectivity index (χ1) is 13.0. The van der Waals surface area contributed by atoms with Gasteiger partial charge in [-0.1, -0.05) is 47.8 Å². The van der Waals surface area contributed by atoms with E-state index < -0.39 is 11.8 Å². The highest BCUT2D eigenvalue weighted by Crippen LogP contribution is 2.28.